The number of anilines is 1. The van der Waals surface area contributed by atoms with Crippen LogP contribution in [0.5, 0.6) is 0 Å². The van der Waals surface area contributed by atoms with E-state index in [2.05, 4.69) is 15.3 Å². The summed E-state index contributed by atoms with van der Waals surface area (Å²) in [5, 5.41) is 2.80. The van der Waals surface area contributed by atoms with Gasteiger partial charge in [-0.3, -0.25) is 4.79 Å². The van der Waals surface area contributed by atoms with Crippen molar-refractivity contribution in [1.82, 2.24) is 15.3 Å². The number of H-pyrrole nitrogens is 1. The highest BCUT2D eigenvalue weighted by molar-refractivity contribution is 5.96. The van der Waals surface area contributed by atoms with Crippen LogP contribution >= 0.6 is 0 Å². The second kappa shape index (κ2) is 4.91. The van der Waals surface area contributed by atoms with E-state index in [4.69, 9.17) is 5.73 Å². The highest BCUT2D eigenvalue weighted by Crippen LogP contribution is 2.17. The topological polar surface area (TPSA) is 83.8 Å². The lowest BCUT2D eigenvalue weighted by Crippen LogP contribution is -2.24. The summed E-state index contributed by atoms with van der Waals surface area (Å²) >= 11 is 0. The molecule has 2 rings (SSSR count). The van der Waals surface area contributed by atoms with Crippen LogP contribution < -0.4 is 11.1 Å². The molecule has 94 valence electrons. The van der Waals surface area contributed by atoms with Crippen LogP contribution in [-0.4, -0.2) is 15.9 Å². The lowest BCUT2D eigenvalue weighted by atomic mass is 10.0. The number of carbonyl (C=O) groups is 1. The second-order valence-electron chi connectivity index (χ2n) is 4.24. The number of hydrogen-bond acceptors (Lipinski definition) is 3. The molecule has 5 heteroatoms. The average Bonchev–Trinajstić information content (AvgIpc) is 2.84. The van der Waals surface area contributed by atoms with E-state index in [-0.39, 0.29) is 5.91 Å². The zero-order chi connectivity index (χ0) is 13.1. The van der Waals surface area contributed by atoms with Gasteiger partial charge in [0, 0.05) is 23.6 Å². The highest BCUT2D eigenvalue weighted by atomic mass is 16.1. The molecule has 0 aliphatic carbocycles. The molecule has 1 aromatic heterocycles. The van der Waals surface area contributed by atoms with Gasteiger partial charge in [-0.2, -0.15) is 0 Å². The average molecular weight is 244 g/mol. The van der Waals surface area contributed by atoms with Gasteiger partial charge in [-0.1, -0.05) is 6.07 Å². The number of nitrogen functional groups attached to an aromatic ring is 1. The molecule has 4 N–H and O–H groups in total. The zero-order valence-electron chi connectivity index (χ0n) is 10.4. The Morgan fingerprint density at radius 2 is 2.17 bits per heavy atom. The molecular formula is C13H16N4O. The van der Waals surface area contributed by atoms with E-state index < -0.39 is 0 Å². The van der Waals surface area contributed by atoms with Crippen LogP contribution in [0.3, 0.4) is 0 Å². The summed E-state index contributed by atoms with van der Waals surface area (Å²) in [5.41, 5.74) is 8.95. The summed E-state index contributed by atoms with van der Waals surface area (Å²) in [7, 11) is 0. The summed E-state index contributed by atoms with van der Waals surface area (Å²) in [6.45, 7) is 4.19. The van der Waals surface area contributed by atoms with E-state index in [0.29, 0.717) is 17.8 Å². The SMILES string of the molecule is Cc1cc(C)c(C(=O)NCc2ncc[nH]2)cc1N. The lowest BCUT2D eigenvalue weighted by molar-refractivity contribution is 0.0949. The summed E-state index contributed by atoms with van der Waals surface area (Å²) < 4.78 is 0. The Kier molecular flexibility index (Phi) is 3.32. The van der Waals surface area contributed by atoms with Gasteiger partial charge < -0.3 is 16.0 Å². The van der Waals surface area contributed by atoms with Gasteiger partial charge in [0.15, 0.2) is 0 Å². The molecule has 0 aliphatic rings. The van der Waals surface area contributed by atoms with Crippen LogP contribution in [0, 0.1) is 13.8 Å². The summed E-state index contributed by atoms with van der Waals surface area (Å²) in [6, 6.07) is 3.62. The molecule has 0 aliphatic heterocycles. The number of hydrogen-bond donors (Lipinski definition) is 3. The molecule has 0 radical (unpaired) electrons. The molecule has 0 spiro atoms. The Hall–Kier alpha value is -2.30. The Balaban J connectivity index is 2.11. The quantitative estimate of drug-likeness (QED) is 0.716. The monoisotopic (exact) mass is 244 g/mol. The number of aromatic amines is 1. The number of aryl methyl sites for hydroxylation is 2. The molecule has 0 saturated carbocycles. The first-order chi connectivity index (χ1) is 8.58. The van der Waals surface area contributed by atoms with Gasteiger partial charge in [-0.05, 0) is 31.0 Å². The number of amides is 1. The number of aromatic nitrogens is 2. The van der Waals surface area contributed by atoms with Crippen LogP contribution in [0.2, 0.25) is 0 Å². The Labute approximate surface area is 105 Å². The van der Waals surface area contributed by atoms with Crippen LogP contribution in [0.25, 0.3) is 0 Å². The highest BCUT2D eigenvalue weighted by Gasteiger charge is 2.10. The smallest absolute Gasteiger partial charge is 0.251 e. The van der Waals surface area contributed by atoms with Crippen LogP contribution in [0.15, 0.2) is 24.5 Å². The third-order valence-corrected chi connectivity index (χ3v) is 2.83. The van der Waals surface area contributed by atoms with Crippen molar-refractivity contribution < 1.29 is 4.79 Å². The Bertz CT molecular complexity index is 561. The lowest BCUT2D eigenvalue weighted by Gasteiger charge is -2.09. The van der Waals surface area contributed by atoms with Crippen LogP contribution in [0.4, 0.5) is 5.69 Å². The van der Waals surface area contributed by atoms with E-state index in [1.54, 1.807) is 18.5 Å². The molecule has 1 heterocycles. The van der Waals surface area contributed by atoms with Gasteiger partial charge in [0.25, 0.3) is 5.91 Å². The molecule has 0 fully saturated rings. The van der Waals surface area contributed by atoms with Crippen molar-refractivity contribution in [2.45, 2.75) is 20.4 Å². The van der Waals surface area contributed by atoms with Crippen molar-refractivity contribution in [2.75, 3.05) is 5.73 Å². The van der Waals surface area contributed by atoms with Gasteiger partial charge in [-0.25, -0.2) is 4.98 Å². The Morgan fingerprint density at radius 1 is 1.39 bits per heavy atom. The largest absolute Gasteiger partial charge is 0.398 e. The summed E-state index contributed by atoms with van der Waals surface area (Å²) in [6.07, 6.45) is 3.37. The fraction of sp³-hybridized carbons (Fsp3) is 0.231. The van der Waals surface area contributed by atoms with Gasteiger partial charge >= 0.3 is 0 Å². The fourth-order valence-corrected chi connectivity index (χ4v) is 1.77. The van der Waals surface area contributed by atoms with E-state index in [1.165, 1.54) is 0 Å². The predicted molar refractivity (Wildman–Crippen MR) is 70.1 cm³/mol. The first kappa shape index (κ1) is 12.2. The molecule has 0 saturated heterocycles. The number of nitrogens with two attached hydrogens (primary N) is 1. The minimum absolute atomic E-state index is 0.143. The maximum atomic E-state index is 12.0. The van der Waals surface area contributed by atoms with Crippen molar-refractivity contribution in [3.63, 3.8) is 0 Å². The fourth-order valence-electron chi connectivity index (χ4n) is 1.77. The van der Waals surface area contributed by atoms with Crippen LogP contribution in [0.1, 0.15) is 27.3 Å². The van der Waals surface area contributed by atoms with Gasteiger partial charge in [-0.15, -0.1) is 0 Å². The Morgan fingerprint density at radius 3 is 2.83 bits per heavy atom. The third kappa shape index (κ3) is 2.51. The van der Waals surface area contributed by atoms with Crippen molar-refractivity contribution in [2.24, 2.45) is 0 Å². The molecule has 0 unspecified atom stereocenters. The van der Waals surface area contributed by atoms with Crippen molar-refractivity contribution in [1.29, 1.82) is 0 Å². The third-order valence-electron chi connectivity index (χ3n) is 2.83. The standard InChI is InChI=1S/C13H16N4O/c1-8-5-9(2)11(14)6-10(8)13(18)17-7-12-15-3-4-16-12/h3-6H,7,14H2,1-2H3,(H,15,16)(H,17,18). The van der Waals surface area contributed by atoms with Gasteiger partial charge in [0.2, 0.25) is 0 Å². The number of imidazole rings is 1. The van der Waals surface area contributed by atoms with E-state index >= 15 is 0 Å². The number of carbonyl (C=O) groups excluding carboxylic acids is 1. The van der Waals surface area contributed by atoms with Crippen molar-refractivity contribution >= 4 is 11.6 Å². The van der Waals surface area contributed by atoms with Crippen molar-refractivity contribution in [3.05, 3.63) is 47.0 Å². The van der Waals surface area contributed by atoms with Crippen LogP contribution in [-0.2, 0) is 6.54 Å². The number of rotatable bonds is 3. The van der Waals surface area contributed by atoms with E-state index in [1.807, 2.05) is 19.9 Å². The molecule has 1 aromatic carbocycles. The molecule has 1 amide bonds. The normalized spacial score (nSPS) is 10.3. The predicted octanol–water partition coefficient (Wildman–Crippen LogP) is 1.54. The summed E-state index contributed by atoms with van der Waals surface area (Å²) in [4.78, 5) is 19.0. The molecule has 5 nitrogen and oxygen atoms in total. The molecule has 0 bridgehead atoms. The maximum absolute atomic E-state index is 12.0. The number of benzene rings is 1. The molecule has 2 aromatic rings. The van der Waals surface area contributed by atoms with E-state index in [9.17, 15) is 4.79 Å². The summed E-state index contributed by atoms with van der Waals surface area (Å²) in [5.74, 6) is 0.580. The minimum Gasteiger partial charge on any atom is -0.398 e. The first-order valence-electron chi connectivity index (χ1n) is 5.71. The van der Waals surface area contributed by atoms with Gasteiger partial charge in [0.05, 0.1) is 6.54 Å². The first-order valence-corrected chi connectivity index (χ1v) is 5.71. The van der Waals surface area contributed by atoms with Crippen molar-refractivity contribution in [3.8, 4) is 0 Å². The minimum atomic E-state index is -0.143. The number of nitrogens with zero attached hydrogens (tertiary/aromatic N) is 1. The number of nitrogens with one attached hydrogen (secondary N) is 2. The second-order valence-corrected chi connectivity index (χ2v) is 4.24. The van der Waals surface area contributed by atoms with E-state index in [0.717, 1.165) is 17.0 Å². The zero-order valence-corrected chi connectivity index (χ0v) is 10.4. The molecule has 0 atom stereocenters. The maximum Gasteiger partial charge on any atom is 0.251 e. The molecule has 18 heavy (non-hydrogen) atoms. The van der Waals surface area contributed by atoms with Gasteiger partial charge in [0.1, 0.15) is 5.82 Å². The molecular weight excluding hydrogens is 228 g/mol.